The first-order valence-electron chi connectivity index (χ1n) is 7.07. The molecule has 0 radical (unpaired) electrons. The van der Waals surface area contributed by atoms with E-state index in [1.54, 1.807) is 18.3 Å². The Morgan fingerprint density at radius 1 is 1.32 bits per heavy atom. The summed E-state index contributed by atoms with van der Waals surface area (Å²) in [7, 11) is 0. The van der Waals surface area contributed by atoms with Crippen molar-refractivity contribution in [3.8, 4) is 0 Å². The van der Waals surface area contributed by atoms with Gasteiger partial charge in [-0.1, -0.05) is 51.8 Å². The molecule has 7 heteroatoms. The minimum absolute atomic E-state index is 0.0987. The molecule has 0 aliphatic heterocycles. The van der Waals surface area contributed by atoms with Crippen molar-refractivity contribution in [1.82, 2.24) is 9.88 Å². The van der Waals surface area contributed by atoms with Crippen LogP contribution in [0, 0.1) is 0 Å². The second-order valence-electron chi connectivity index (χ2n) is 4.84. The van der Waals surface area contributed by atoms with E-state index in [-0.39, 0.29) is 5.76 Å². The lowest BCUT2D eigenvalue weighted by atomic mass is 10.0. The van der Waals surface area contributed by atoms with Gasteiger partial charge in [0.25, 0.3) is 0 Å². The minimum Gasteiger partial charge on any atom is -0.506 e. The minimum atomic E-state index is -0.413. The Morgan fingerprint density at radius 3 is 2.59 bits per heavy atom. The van der Waals surface area contributed by atoms with Crippen molar-refractivity contribution in [3.05, 3.63) is 46.4 Å². The Hall–Kier alpha value is -1.05. The number of aliphatic hydroxyl groups is 1. The largest absolute Gasteiger partial charge is 0.506 e. The van der Waals surface area contributed by atoms with Crippen LogP contribution >= 0.6 is 31.9 Å². The second-order valence-corrected chi connectivity index (χ2v) is 7.17. The van der Waals surface area contributed by atoms with Gasteiger partial charge in [0.2, 0.25) is 0 Å². The van der Waals surface area contributed by atoms with Gasteiger partial charge in [0, 0.05) is 17.1 Å². The Morgan fingerprint density at radius 2 is 2.05 bits per heavy atom. The van der Waals surface area contributed by atoms with Crippen molar-refractivity contribution in [2.24, 2.45) is 10.2 Å². The normalized spacial score (nSPS) is 22.5. The van der Waals surface area contributed by atoms with Crippen LogP contribution in [0.1, 0.15) is 20.3 Å². The van der Waals surface area contributed by atoms with Gasteiger partial charge in [-0.3, -0.25) is 4.90 Å². The van der Waals surface area contributed by atoms with Crippen LogP contribution in [0.15, 0.2) is 56.6 Å². The highest BCUT2D eigenvalue weighted by molar-refractivity contribution is 9.12. The van der Waals surface area contributed by atoms with Crippen LogP contribution < -0.4 is 0 Å². The molecule has 2 rings (SSSR count). The number of pyridine rings is 1. The fourth-order valence-corrected chi connectivity index (χ4v) is 4.43. The molecule has 1 atom stereocenters. The van der Waals surface area contributed by atoms with Gasteiger partial charge in [0.15, 0.2) is 5.82 Å². The highest BCUT2D eigenvalue weighted by Gasteiger charge is 2.36. The molecule has 1 unspecified atom stereocenters. The quantitative estimate of drug-likeness (QED) is 0.404. The molecule has 0 bridgehead atoms. The van der Waals surface area contributed by atoms with Crippen molar-refractivity contribution in [2.75, 3.05) is 13.1 Å². The third-order valence-electron chi connectivity index (χ3n) is 3.45. The Bertz CT molecular complexity index is 611. The Labute approximate surface area is 147 Å². The highest BCUT2D eigenvalue weighted by atomic mass is 79.9. The van der Waals surface area contributed by atoms with Gasteiger partial charge in [-0.05, 0) is 31.3 Å². The molecule has 1 aliphatic rings. The number of azo groups is 1. The SMILES string of the molecule is CCN(CC)C1(Br)C=C(O)C(N=Nc2ccccn2)=C(Br)C1. The third-order valence-corrected chi connectivity index (χ3v) is 5.12. The average Bonchev–Trinajstić information content (AvgIpc) is 2.48. The molecule has 5 nitrogen and oxygen atoms in total. The fraction of sp³-hybridized carbons (Fsp3) is 0.400. The first-order valence-corrected chi connectivity index (χ1v) is 8.66. The standard InChI is InChI=1S/C15H18Br2N4O/c1-3-21(4-2)15(17)9-11(16)14(12(22)10-15)20-19-13-7-5-6-8-18-13/h5-8,10,22H,3-4,9H2,1-2H3. The molecule has 0 saturated carbocycles. The van der Waals surface area contributed by atoms with Gasteiger partial charge in [-0.25, -0.2) is 4.98 Å². The smallest absolute Gasteiger partial charge is 0.174 e. The van der Waals surface area contributed by atoms with Crippen molar-refractivity contribution >= 4 is 37.7 Å². The molecule has 0 amide bonds. The molecular weight excluding hydrogens is 412 g/mol. The number of halogens is 2. The van der Waals surface area contributed by atoms with Crippen LogP contribution in [-0.4, -0.2) is 32.5 Å². The van der Waals surface area contributed by atoms with Crippen LogP contribution in [0.25, 0.3) is 0 Å². The van der Waals surface area contributed by atoms with Crippen LogP contribution in [0.5, 0.6) is 0 Å². The lowest BCUT2D eigenvalue weighted by molar-refractivity contribution is 0.224. The van der Waals surface area contributed by atoms with E-state index in [1.807, 2.05) is 12.1 Å². The summed E-state index contributed by atoms with van der Waals surface area (Å²) in [4.78, 5) is 6.30. The zero-order chi connectivity index (χ0) is 16.2. The molecule has 118 valence electrons. The number of aromatic nitrogens is 1. The topological polar surface area (TPSA) is 61.1 Å². The summed E-state index contributed by atoms with van der Waals surface area (Å²) in [5.41, 5.74) is 0.438. The second kappa shape index (κ2) is 7.48. The summed E-state index contributed by atoms with van der Waals surface area (Å²) in [5.74, 6) is 0.601. The van der Waals surface area contributed by atoms with Gasteiger partial charge >= 0.3 is 0 Å². The van der Waals surface area contributed by atoms with E-state index in [2.05, 4.69) is 65.8 Å². The van der Waals surface area contributed by atoms with E-state index in [0.29, 0.717) is 17.9 Å². The number of alkyl halides is 1. The summed E-state index contributed by atoms with van der Waals surface area (Å²) in [6.07, 6.45) is 4.09. The maximum Gasteiger partial charge on any atom is 0.174 e. The number of hydrogen-bond donors (Lipinski definition) is 1. The first-order chi connectivity index (χ1) is 10.5. The van der Waals surface area contributed by atoms with E-state index < -0.39 is 4.45 Å². The zero-order valence-corrected chi connectivity index (χ0v) is 15.7. The summed E-state index contributed by atoms with van der Waals surface area (Å²) >= 11 is 7.25. The van der Waals surface area contributed by atoms with E-state index in [4.69, 9.17) is 0 Å². The molecule has 1 heterocycles. The summed E-state index contributed by atoms with van der Waals surface area (Å²) < 4.78 is 0.389. The molecule has 0 saturated heterocycles. The van der Waals surface area contributed by atoms with Crippen molar-refractivity contribution in [2.45, 2.75) is 24.7 Å². The number of hydrogen-bond acceptors (Lipinski definition) is 5. The van der Waals surface area contributed by atoms with E-state index in [9.17, 15) is 5.11 Å². The predicted octanol–water partition coefficient (Wildman–Crippen LogP) is 5.05. The molecule has 1 N–H and O–H groups in total. The van der Waals surface area contributed by atoms with Gasteiger partial charge in [-0.15, -0.1) is 10.2 Å². The first kappa shape index (κ1) is 17.3. The van der Waals surface area contributed by atoms with Crippen LogP contribution in [-0.2, 0) is 0 Å². The zero-order valence-electron chi connectivity index (χ0n) is 12.5. The Balaban J connectivity index is 2.25. The third kappa shape index (κ3) is 3.83. The molecule has 1 aliphatic carbocycles. The summed E-state index contributed by atoms with van der Waals surface area (Å²) in [6.45, 7) is 5.92. The van der Waals surface area contributed by atoms with Crippen LogP contribution in [0.3, 0.4) is 0 Å². The number of rotatable bonds is 5. The van der Waals surface area contributed by atoms with Gasteiger partial charge < -0.3 is 5.11 Å². The molecule has 0 spiro atoms. The lowest BCUT2D eigenvalue weighted by Gasteiger charge is -2.38. The van der Waals surface area contributed by atoms with Gasteiger partial charge in [0.05, 0.1) is 0 Å². The lowest BCUT2D eigenvalue weighted by Crippen LogP contribution is -2.43. The number of aliphatic hydroxyl groups excluding tert-OH is 1. The van der Waals surface area contributed by atoms with E-state index in [0.717, 1.165) is 17.6 Å². The van der Waals surface area contributed by atoms with Crippen molar-refractivity contribution in [3.63, 3.8) is 0 Å². The summed E-state index contributed by atoms with van der Waals surface area (Å²) in [5, 5.41) is 18.5. The van der Waals surface area contributed by atoms with E-state index in [1.165, 1.54) is 0 Å². The van der Waals surface area contributed by atoms with Crippen LogP contribution in [0.2, 0.25) is 0 Å². The van der Waals surface area contributed by atoms with Crippen LogP contribution in [0.4, 0.5) is 5.82 Å². The van der Waals surface area contributed by atoms with E-state index >= 15 is 0 Å². The predicted molar refractivity (Wildman–Crippen MR) is 94.6 cm³/mol. The molecule has 22 heavy (non-hydrogen) atoms. The van der Waals surface area contributed by atoms with Crippen molar-refractivity contribution in [1.29, 1.82) is 0 Å². The number of likely N-dealkylation sites (N-methyl/N-ethyl adjacent to an activating group) is 1. The van der Waals surface area contributed by atoms with Gasteiger partial charge in [-0.2, -0.15) is 0 Å². The fourth-order valence-electron chi connectivity index (χ4n) is 2.34. The molecule has 0 fully saturated rings. The molecular formula is C15H18Br2N4O. The van der Waals surface area contributed by atoms with Crippen molar-refractivity contribution < 1.29 is 5.11 Å². The monoisotopic (exact) mass is 428 g/mol. The number of nitrogens with zero attached hydrogens (tertiary/aromatic N) is 4. The Kier molecular flexibility index (Phi) is 5.88. The summed E-state index contributed by atoms with van der Waals surface area (Å²) in [6, 6.07) is 5.41. The highest BCUT2D eigenvalue weighted by Crippen LogP contribution is 2.42. The average molecular weight is 430 g/mol. The maximum absolute atomic E-state index is 10.3. The molecule has 1 aromatic heterocycles. The van der Waals surface area contributed by atoms with Gasteiger partial charge in [0.1, 0.15) is 15.9 Å². The maximum atomic E-state index is 10.3. The molecule has 1 aromatic rings. The molecule has 0 aromatic carbocycles.